The highest BCUT2D eigenvalue weighted by Crippen LogP contribution is 2.31. The second-order valence-corrected chi connectivity index (χ2v) is 7.68. The number of benzene rings is 2. The minimum absolute atomic E-state index is 0.0562. The number of hydrogen-bond acceptors (Lipinski definition) is 3. The first-order valence-corrected chi connectivity index (χ1v) is 9.97. The molecule has 0 atom stereocenters. The third-order valence-electron chi connectivity index (χ3n) is 5.51. The monoisotopic (exact) mass is 428 g/mol. The Balaban J connectivity index is 1.69. The van der Waals surface area contributed by atoms with E-state index in [1.54, 1.807) is 24.4 Å². The van der Waals surface area contributed by atoms with Gasteiger partial charge in [-0.3, -0.25) is 4.90 Å². The van der Waals surface area contributed by atoms with Crippen molar-refractivity contribution in [1.29, 1.82) is 5.26 Å². The summed E-state index contributed by atoms with van der Waals surface area (Å²) in [6, 6.07) is 13.2. The summed E-state index contributed by atoms with van der Waals surface area (Å²) in [5.74, 6) is -0.318. The van der Waals surface area contributed by atoms with Gasteiger partial charge in [-0.1, -0.05) is 6.07 Å². The first kappa shape index (κ1) is 21.1. The van der Waals surface area contributed by atoms with E-state index in [1.165, 1.54) is 22.9 Å². The lowest BCUT2D eigenvalue weighted by Gasteiger charge is -2.28. The molecule has 2 aromatic carbocycles. The Hall–Kier alpha value is -3.18. The molecule has 0 spiro atoms. The fourth-order valence-corrected chi connectivity index (χ4v) is 3.79. The summed E-state index contributed by atoms with van der Waals surface area (Å²) < 4.78 is 54.3. The predicted molar refractivity (Wildman–Crippen MR) is 108 cm³/mol. The molecule has 0 N–H and O–H groups in total. The maximum Gasteiger partial charge on any atom is 0.416 e. The van der Waals surface area contributed by atoms with Crippen molar-refractivity contribution in [3.8, 4) is 23.0 Å². The van der Waals surface area contributed by atoms with E-state index in [-0.39, 0.29) is 11.7 Å². The maximum absolute atomic E-state index is 13.4. The number of alkyl halides is 3. The molecule has 1 saturated heterocycles. The Morgan fingerprint density at radius 2 is 1.77 bits per heavy atom. The zero-order valence-electron chi connectivity index (χ0n) is 16.6. The van der Waals surface area contributed by atoms with Crippen molar-refractivity contribution < 1.29 is 17.6 Å². The molecule has 0 bridgehead atoms. The van der Waals surface area contributed by atoms with Gasteiger partial charge in [0, 0.05) is 29.8 Å². The molecule has 0 radical (unpaired) electrons. The number of nitriles is 1. The van der Waals surface area contributed by atoms with Gasteiger partial charge in [0.15, 0.2) is 0 Å². The van der Waals surface area contributed by atoms with Gasteiger partial charge < -0.3 is 0 Å². The highest BCUT2D eigenvalue weighted by atomic mass is 19.4. The molecule has 0 aliphatic carbocycles. The number of halogens is 4. The summed E-state index contributed by atoms with van der Waals surface area (Å²) in [6.07, 6.45) is -1.16. The molecule has 0 saturated carbocycles. The Morgan fingerprint density at radius 1 is 1.06 bits per heavy atom. The number of aromatic nitrogens is 2. The van der Waals surface area contributed by atoms with Crippen molar-refractivity contribution in [2.24, 2.45) is 5.92 Å². The van der Waals surface area contributed by atoms with E-state index in [0.29, 0.717) is 23.5 Å². The minimum atomic E-state index is -4.45. The van der Waals surface area contributed by atoms with Crippen LogP contribution in [0.4, 0.5) is 17.6 Å². The zero-order valence-corrected chi connectivity index (χ0v) is 16.6. The van der Waals surface area contributed by atoms with Crippen molar-refractivity contribution >= 4 is 0 Å². The van der Waals surface area contributed by atoms with E-state index in [9.17, 15) is 17.6 Å². The number of piperidine rings is 1. The van der Waals surface area contributed by atoms with Gasteiger partial charge in [-0.05, 0) is 68.4 Å². The van der Waals surface area contributed by atoms with E-state index in [4.69, 9.17) is 5.26 Å². The van der Waals surface area contributed by atoms with Crippen molar-refractivity contribution in [3.63, 3.8) is 0 Å². The lowest BCUT2D eigenvalue weighted by Crippen LogP contribution is -2.32. The number of rotatable bonds is 4. The van der Waals surface area contributed by atoms with E-state index < -0.39 is 11.7 Å². The number of hydrogen-bond donors (Lipinski definition) is 0. The molecule has 3 aromatic rings. The topological polar surface area (TPSA) is 44.9 Å². The van der Waals surface area contributed by atoms with Gasteiger partial charge in [0.1, 0.15) is 5.82 Å². The average molecular weight is 428 g/mol. The van der Waals surface area contributed by atoms with Crippen LogP contribution in [0.15, 0.2) is 54.7 Å². The highest BCUT2D eigenvalue weighted by Gasteiger charge is 2.30. The van der Waals surface area contributed by atoms with Crippen LogP contribution in [0.5, 0.6) is 0 Å². The minimum Gasteiger partial charge on any atom is -0.299 e. The molecule has 0 unspecified atom stereocenters. The van der Waals surface area contributed by atoms with Crippen LogP contribution in [0.1, 0.15) is 24.0 Å². The Bertz CT molecular complexity index is 1090. The summed E-state index contributed by atoms with van der Waals surface area (Å²) in [6.45, 7) is 2.06. The maximum atomic E-state index is 13.4. The van der Waals surface area contributed by atoms with Gasteiger partial charge in [0.05, 0.1) is 23.0 Å². The number of nitrogens with zero attached hydrogens (tertiary/aromatic N) is 4. The van der Waals surface area contributed by atoms with Gasteiger partial charge in [0.2, 0.25) is 0 Å². The van der Waals surface area contributed by atoms with Crippen molar-refractivity contribution in [2.75, 3.05) is 13.1 Å². The lowest BCUT2D eigenvalue weighted by atomic mass is 9.98. The van der Waals surface area contributed by atoms with Gasteiger partial charge in [-0.15, -0.1) is 0 Å². The van der Waals surface area contributed by atoms with Crippen LogP contribution in [-0.4, -0.2) is 27.8 Å². The summed E-state index contributed by atoms with van der Waals surface area (Å²) in [4.78, 5) is 2.20. The summed E-state index contributed by atoms with van der Waals surface area (Å²) >= 11 is 0. The molecule has 0 amide bonds. The van der Waals surface area contributed by atoms with E-state index in [0.717, 1.165) is 43.6 Å². The summed E-state index contributed by atoms with van der Waals surface area (Å²) in [5.41, 5.74) is 1.67. The third kappa shape index (κ3) is 4.78. The SMILES string of the molecule is N#CC1CCN(Cc2cn(-c3cccc(C(F)(F)F)c3)nc2-c2ccc(F)cc2)CC1. The zero-order chi connectivity index (χ0) is 22.0. The first-order valence-electron chi connectivity index (χ1n) is 9.97. The van der Waals surface area contributed by atoms with Crippen LogP contribution in [-0.2, 0) is 12.7 Å². The van der Waals surface area contributed by atoms with Gasteiger partial charge >= 0.3 is 6.18 Å². The van der Waals surface area contributed by atoms with E-state index in [1.807, 2.05) is 0 Å². The first-order chi connectivity index (χ1) is 14.8. The quantitative estimate of drug-likeness (QED) is 0.521. The molecule has 1 fully saturated rings. The Kier molecular flexibility index (Phi) is 5.79. The van der Waals surface area contributed by atoms with Crippen LogP contribution < -0.4 is 0 Å². The van der Waals surface area contributed by atoms with Crippen molar-refractivity contribution in [1.82, 2.24) is 14.7 Å². The molecule has 8 heteroatoms. The molecular formula is C23H20F4N4. The summed E-state index contributed by atoms with van der Waals surface area (Å²) in [7, 11) is 0. The van der Waals surface area contributed by atoms with E-state index in [2.05, 4.69) is 16.1 Å². The fraction of sp³-hybridized carbons (Fsp3) is 0.304. The lowest BCUT2D eigenvalue weighted by molar-refractivity contribution is -0.137. The van der Waals surface area contributed by atoms with Crippen LogP contribution in [0.2, 0.25) is 0 Å². The largest absolute Gasteiger partial charge is 0.416 e. The Labute approximate surface area is 177 Å². The van der Waals surface area contributed by atoms with Crippen LogP contribution in [0.3, 0.4) is 0 Å². The van der Waals surface area contributed by atoms with Crippen LogP contribution in [0, 0.1) is 23.1 Å². The average Bonchev–Trinajstić information content (AvgIpc) is 3.18. The predicted octanol–water partition coefficient (Wildman–Crippen LogP) is 5.43. The van der Waals surface area contributed by atoms with E-state index >= 15 is 0 Å². The van der Waals surface area contributed by atoms with Gasteiger partial charge in [-0.2, -0.15) is 23.5 Å². The van der Waals surface area contributed by atoms with Gasteiger partial charge in [-0.25, -0.2) is 9.07 Å². The second kappa shape index (κ2) is 8.52. The molecule has 1 aliphatic heterocycles. The molecule has 4 rings (SSSR count). The normalized spacial score (nSPS) is 15.7. The third-order valence-corrected chi connectivity index (χ3v) is 5.51. The molecule has 160 valence electrons. The smallest absolute Gasteiger partial charge is 0.299 e. The van der Waals surface area contributed by atoms with Crippen molar-refractivity contribution in [3.05, 3.63) is 71.7 Å². The van der Waals surface area contributed by atoms with Crippen LogP contribution >= 0.6 is 0 Å². The Morgan fingerprint density at radius 3 is 2.42 bits per heavy atom. The fourth-order valence-electron chi connectivity index (χ4n) is 3.79. The summed E-state index contributed by atoms with van der Waals surface area (Å²) in [5, 5.41) is 13.6. The molecule has 1 aromatic heterocycles. The molecule has 4 nitrogen and oxygen atoms in total. The molecular weight excluding hydrogens is 408 g/mol. The molecule has 1 aliphatic rings. The standard InChI is InChI=1S/C23H20F4N4/c24-20-6-4-17(5-7-20)22-18(14-30-10-8-16(13-28)9-11-30)15-31(29-22)21-3-1-2-19(12-21)23(25,26)27/h1-7,12,15-16H,8-11,14H2. The van der Waals surface area contributed by atoms with Gasteiger partial charge in [0.25, 0.3) is 0 Å². The second-order valence-electron chi connectivity index (χ2n) is 7.68. The van der Waals surface area contributed by atoms with Crippen molar-refractivity contribution in [2.45, 2.75) is 25.6 Å². The number of likely N-dealkylation sites (tertiary alicyclic amines) is 1. The van der Waals surface area contributed by atoms with Crippen LogP contribution in [0.25, 0.3) is 16.9 Å². The molecule has 2 heterocycles. The molecule has 31 heavy (non-hydrogen) atoms. The highest BCUT2D eigenvalue weighted by molar-refractivity contribution is 5.63.